The number of carbonyl (C=O) groups excluding carboxylic acids is 2. The zero-order chi connectivity index (χ0) is 17.6. The lowest BCUT2D eigenvalue weighted by atomic mass is 9.96. The van der Waals surface area contributed by atoms with Gasteiger partial charge in [0.1, 0.15) is 5.76 Å². The van der Waals surface area contributed by atoms with Crippen LogP contribution in [0.1, 0.15) is 18.6 Å². The van der Waals surface area contributed by atoms with Crippen molar-refractivity contribution in [2.24, 2.45) is 5.92 Å². The van der Waals surface area contributed by atoms with Crippen LogP contribution in [0.4, 0.5) is 11.5 Å². The summed E-state index contributed by atoms with van der Waals surface area (Å²) in [6.45, 7) is 4.03. The third kappa shape index (κ3) is 4.56. The largest absolute Gasteiger partial charge is 0.370 e. The van der Waals surface area contributed by atoms with Crippen LogP contribution in [-0.4, -0.2) is 41.6 Å². The van der Waals surface area contributed by atoms with Crippen molar-refractivity contribution in [1.29, 1.82) is 0 Å². The van der Waals surface area contributed by atoms with E-state index in [4.69, 9.17) is 4.52 Å². The maximum atomic E-state index is 11.9. The van der Waals surface area contributed by atoms with Gasteiger partial charge in [0, 0.05) is 31.9 Å². The fourth-order valence-electron chi connectivity index (χ4n) is 2.85. The molecule has 1 aliphatic heterocycles. The molecule has 0 aliphatic carbocycles. The minimum Gasteiger partial charge on any atom is -0.370 e. The van der Waals surface area contributed by atoms with Gasteiger partial charge in [-0.15, -0.1) is 0 Å². The fourth-order valence-corrected chi connectivity index (χ4v) is 2.85. The molecule has 8 nitrogen and oxygen atoms in total. The van der Waals surface area contributed by atoms with Gasteiger partial charge < -0.3 is 14.7 Å². The fraction of sp³-hybridized carbons (Fsp3) is 0.412. The Hall–Kier alpha value is -2.90. The van der Waals surface area contributed by atoms with Crippen molar-refractivity contribution >= 4 is 23.3 Å². The van der Waals surface area contributed by atoms with Gasteiger partial charge in [-0.25, -0.2) is 0 Å². The molecule has 0 spiro atoms. The number of rotatable bonds is 4. The number of nitrogens with one attached hydrogen (secondary N) is 2. The summed E-state index contributed by atoms with van der Waals surface area (Å²) in [6, 6.07) is 5.53. The van der Waals surface area contributed by atoms with Crippen molar-refractivity contribution in [3.05, 3.63) is 36.4 Å². The highest BCUT2D eigenvalue weighted by atomic mass is 16.5. The molecule has 0 radical (unpaired) electrons. The van der Waals surface area contributed by atoms with Crippen molar-refractivity contribution in [3.63, 3.8) is 0 Å². The predicted octanol–water partition coefficient (Wildman–Crippen LogP) is 1.35. The summed E-state index contributed by atoms with van der Waals surface area (Å²) in [5.74, 6) is -0.228. The maximum absolute atomic E-state index is 11.9. The maximum Gasteiger partial charge on any atom is 0.314 e. The van der Waals surface area contributed by atoms with Gasteiger partial charge in [0.25, 0.3) is 0 Å². The van der Waals surface area contributed by atoms with E-state index in [1.807, 2.05) is 18.3 Å². The summed E-state index contributed by atoms with van der Waals surface area (Å²) in [5, 5.41) is 8.73. The van der Waals surface area contributed by atoms with E-state index in [9.17, 15) is 9.59 Å². The molecule has 0 saturated carbocycles. The van der Waals surface area contributed by atoms with Crippen molar-refractivity contribution < 1.29 is 14.1 Å². The molecule has 0 atom stereocenters. The van der Waals surface area contributed by atoms with Crippen LogP contribution in [-0.2, 0) is 9.59 Å². The molecule has 1 saturated heterocycles. The molecular formula is C17H21N5O3. The summed E-state index contributed by atoms with van der Waals surface area (Å²) >= 11 is 0. The quantitative estimate of drug-likeness (QED) is 0.813. The number of hydrogen-bond donors (Lipinski definition) is 2. The van der Waals surface area contributed by atoms with Gasteiger partial charge in [-0.3, -0.25) is 19.9 Å². The number of carbonyl (C=O) groups is 2. The van der Waals surface area contributed by atoms with Crippen LogP contribution in [0.25, 0.3) is 0 Å². The number of piperidine rings is 1. The molecule has 2 aromatic rings. The molecule has 1 aliphatic rings. The molecule has 0 bridgehead atoms. The van der Waals surface area contributed by atoms with Crippen molar-refractivity contribution in [3.8, 4) is 0 Å². The first-order valence-electron chi connectivity index (χ1n) is 8.29. The lowest BCUT2D eigenvalue weighted by Gasteiger charge is -2.33. The minimum atomic E-state index is -0.735. The second-order valence-corrected chi connectivity index (χ2v) is 6.13. The van der Waals surface area contributed by atoms with Crippen LogP contribution in [0.2, 0.25) is 0 Å². The third-order valence-corrected chi connectivity index (χ3v) is 4.25. The van der Waals surface area contributed by atoms with Crippen molar-refractivity contribution in [1.82, 2.24) is 15.5 Å². The zero-order valence-electron chi connectivity index (χ0n) is 14.1. The van der Waals surface area contributed by atoms with Crippen LogP contribution < -0.4 is 15.5 Å². The highest BCUT2D eigenvalue weighted by Crippen LogP contribution is 2.21. The van der Waals surface area contributed by atoms with Crippen LogP contribution in [0, 0.1) is 12.8 Å². The van der Waals surface area contributed by atoms with E-state index in [2.05, 4.69) is 25.7 Å². The van der Waals surface area contributed by atoms with Crippen molar-refractivity contribution in [2.45, 2.75) is 19.8 Å². The monoisotopic (exact) mass is 343 g/mol. The Morgan fingerprint density at radius 3 is 2.76 bits per heavy atom. The van der Waals surface area contributed by atoms with Gasteiger partial charge in [-0.1, -0.05) is 5.16 Å². The Kier molecular flexibility index (Phi) is 5.27. The van der Waals surface area contributed by atoms with E-state index < -0.39 is 11.8 Å². The van der Waals surface area contributed by atoms with Crippen LogP contribution >= 0.6 is 0 Å². The molecule has 3 heterocycles. The van der Waals surface area contributed by atoms with E-state index in [0.717, 1.165) is 31.6 Å². The SMILES string of the molecule is Cc1cc(NC(=O)C(=O)NCC2CCN(c3cccnc3)CC2)no1. The first-order valence-corrected chi connectivity index (χ1v) is 8.29. The topological polar surface area (TPSA) is 100 Å². The average Bonchev–Trinajstić information content (AvgIpc) is 3.05. The summed E-state index contributed by atoms with van der Waals surface area (Å²) in [5.41, 5.74) is 1.12. The second-order valence-electron chi connectivity index (χ2n) is 6.13. The highest BCUT2D eigenvalue weighted by Gasteiger charge is 2.22. The number of anilines is 2. The summed E-state index contributed by atoms with van der Waals surface area (Å²) in [6.07, 6.45) is 5.54. The first kappa shape index (κ1) is 16.9. The van der Waals surface area contributed by atoms with Gasteiger partial charge >= 0.3 is 11.8 Å². The van der Waals surface area contributed by atoms with E-state index in [1.54, 1.807) is 19.2 Å². The van der Waals surface area contributed by atoms with Gasteiger partial charge in [0.15, 0.2) is 5.82 Å². The molecule has 3 rings (SSSR count). The third-order valence-electron chi connectivity index (χ3n) is 4.25. The minimum absolute atomic E-state index is 0.238. The molecule has 2 aromatic heterocycles. The average molecular weight is 343 g/mol. The molecule has 25 heavy (non-hydrogen) atoms. The zero-order valence-corrected chi connectivity index (χ0v) is 14.1. The van der Waals surface area contributed by atoms with Gasteiger partial charge in [-0.2, -0.15) is 0 Å². The molecule has 2 N–H and O–H groups in total. The number of nitrogens with zero attached hydrogens (tertiary/aromatic N) is 3. The number of hydrogen-bond acceptors (Lipinski definition) is 6. The number of pyridine rings is 1. The summed E-state index contributed by atoms with van der Waals surface area (Å²) in [7, 11) is 0. The Balaban J connectivity index is 1.40. The molecular weight excluding hydrogens is 322 g/mol. The molecule has 2 amide bonds. The normalized spacial score (nSPS) is 15.0. The predicted molar refractivity (Wildman–Crippen MR) is 92.1 cm³/mol. The molecule has 132 valence electrons. The first-order chi connectivity index (χ1) is 12.1. The standard InChI is InChI=1S/C17H21N5O3/c1-12-9-15(21-25-12)20-17(24)16(23)19-10-13-4-7-22(8-5-13)14-3-2-6-18-11-14/h2-3,6,9,11,13H,4-5,7-8,10H2,1H3,(H,19,23)(H,20,21,24). The molecule has 0 aromatic carbocycles. The van der Waals surface area contributed by atoms with Crippen LogP contribution in [0.5, 0.6) is 0 Å². The van der Waals surface area contributed by atoms with Crippen molar-refractivity contribution in [2.75, 3.05) is 29.9 Å². The Morgan fingerprint density at radius 2 is 2.12 bits per heavy atom. The van der Waals surface area contributed by atoms with E-state index >= 15 is 0 Å². The molecule has 1 fully saturated rings. The van der Waals surface area contributed by atoms with Crippen LogP contribution in [0.15, 0.2) is 35.1 Å². The van der Waals surface area contributed by atoms with Crippen LogP contribution in [0.3, 0.4) is 0 Å². The number of aromatic nitrogens is 2. The van der Waals surface area contributed by atoms with E-state index in [1.165, 1.54) is 0 Å². The summed E-state index contributed by atoms with van der Waals surface area (Å²) < 4.78 is 4.84. The second kappa shape index (κ2) is 7.78. The van der Waals surface area contributed by atoms with E-state index in [0.29, 0.717) is 18.2 Å². The molecule has 8 heteroatoms. The Labute approximate surface area is 145 Å². The number of aryl methyl sites for hydroxylation is 1. The lowest BCUT2D eigenvalue weighted by Crippen LogP contribution is -2.41. The number of amides is 2. The summed E-state index contributed by atoms with van der Waals surface area (Å²) in [4.78, 5) is 30.1. The van der Waals surface area contributed by atoms with Gasteiger partial charge in [0.05, 0.1) is 11.9 Å². The smallest absolute Gasteiger partial charge is 0.314 e. The van der Waals surface area contributed by atoms with Gasteiger partial charge in [-0.05, 0) is 37.8 Å². The Morgan fingerprint density at radius 1 is 1.32 bits per heavy atom. The molecule has 0 unspecified atom stereocenters. The van der Waals surface area contributed by atoms with Gasteiger partial charge in [0.2, 0.25) is 0 Å². The lowest BCUT2D eigenvalue weighted by molar-refractivity contribution is -0.136. The Bertz CT molecular complexity index is 723. The van der Waals surface area contributed by atoms with E-state index in [-0.39, 0.29) is 5.82 Å². The highest BCUT2D eigenvalue weighted by molar-refractivity contribution is 6.39.